The molecular weight excluding hydrogens is 262 g/mol. The zero-order chi connectivity index (χ0) is 15.2. The van der Waals surface area contributed by atoms with Crippen molar-refractivity contribution >= 4 is 11.6 Å². The molecule has 1 amide bonds. The second kappa shape index (κ2) is 6.75. The van der Waals surface area contributed by atoms with Gasteiger partial charge in [0.15, 0.2) is 0 Å². The topological polar surface area (TPSA) is 29.5 Å². The first-order valence-corrected chi connectivity index (χ1v) is 6.82. The van der Waals surface area contributed by atoms with E-state index in [0.29, 0.717) is 5.56 Å². The average Bonchev–Trinajstić information content (AvgIpc) is 2.56. The van der Waals surface area contributed by atoms with E-state index >= 15 is 0 Å². The monoisotopic (exact) mass is 281 g/mol. The predicted molar refractivity (Wildman–Crippen MR) is 85.9 cm³/mol. The minimum absolute atomic E-state index is 0.0480. The molecule has 0 bridgehead atoms. The summed E-state index contributed by atoms with van der Waals surface area (Å²) in [4.78, 5) is 14.5. The van der Waals surface area contributed by atoms with E-state index in [0.717, 1.165) is 11.4 Å². The molecule has 0 aliphatic rings. The highest BCUT2D eigenvalue weighted by Crippen LogP contribution is 2.23. The molecule has 3 nitrogen and oxygen atoms in total. The van der Waals surface area contributed by atoms with E-state index in [1.165, 1.54) is 0 Å². The fraction of sp³-hybridized carbons (Fsp3) is 0.167. The number of carbonyl (C=O) groups is 1. The molecule has 0 saturated carbocycles. The Balaban J connectivity index is 2.38. The number of hydrogen-bond donors (Lipinski definition) is 0. The Morgan fingerprint density at radius 3 is 2.29 bits per heavy atom. The minimum atomic E-state index is -0.105. The number of anilines is 1. The quantitative estimate of drug-likeness (QED) is 0.777. The molecule has 0 aliphatic carbocycles. The van der Waals surface area contributed by atoms with Crippen LogP contribution >= 0.6 is 0 Å². The molecule has 0 heterocycles. The molecule has 0 aromatic heterocycles. The largest absolute Gasteiger partial charge is 0.497 e. The predicted octanol–water partition coefficient (Wildman–Crippen LogP) is 3.92. The van der Waals surface area contributed by atoms with Gasteiger partial charge in [0.05, 0.1) is 13.2 Å². The Labute approximate surface area is 125 Å². The molecule has 1 atom stereocenters. The van der Waals surface area contributed by atoms with Gasteiger partial charge in [-0.25, -0.2) is 0 Å². The van der Waals surface area contributed by atoms with Crippen molar-refractivity contribution in [1.82, 2.24) is 0 Å². The maximum atomic E-state index is 12.7. The van der Waals surface area contributed by atoms with Crippen LogP contribution in [0.15, 0.2) is 67.3 Å². The summed E-state index contributed by atoms with van der Waals surface area (Å²) in [5.41, 5.74) is 1.47. The summed E-state index contributed by atoms with van der Waals surface area (Å²) in [7, 11) is 1.62. The fourth-order valence-corrected chi connectivity index (χ4v) is 2.11. The van der Waals surface area contributed by atoms with Crippen LogP contribution in [-0.2, 0) is 0 Å². The van der Waals surface area contributed by atoms with Crippen molar-refractivity contribution in [1.29, 1.82) is 0 Å². The summed E-state index contributed by atoms with van der Waals surface area (Å²) in [6.45, 7) is 5.74. The van der Waals surface area contributed by atoms with E-state index in [2.05, 4.69) is 6.58 Å². The third-order valence-corrected chi connectivity index (χ3v) is 3.34. The number of carbonyl (C=O) groups excluding carboxylic acids is 1. The number of nitrogens with zero attached hydrogens (tertiary/aromatic N) is 1. The minimum Gasteiger partial charge on any atom is -0.497 e. The first-order valence-electron chi connectivity index (χ1n) is 6.82. The van der Waals surface area contributed by atoms with Crippen LogP contribution in [0, 0.1) is 0 Å². The van der Waals surface area contributed by atoms with Gasteiger partial charge in [-0.1, -0.05) is 24.3 Å². The van der Waals surface area contributed by atoms with Crippen molar-refractivity contribution in [2.45, 2.75) is 13.0 Å². The Morgan fingerprint density at radius 2 is 1.76 bits per heavy atom. The van der Waals surface area contributed by atoms with E-state index in [1.807, 2.05) is 61.5 Å². The maximum absolute atomic E-state index is 12.7. The van der Waals surface area contributed by atoms with E-state index in [4.69, 9.17) is 4.74 Å². The van der Waals surface area contributed by atoms with Crippen LogP contribution in [0.5, 0.6) is 5.75 Å². The van der Waals surface area contributed by atoms with Gasteiger partial charge in [-0.15, -0.1) is 6.58 Å². The van der Waals surface area contributed by atoms with Crippen LogP contribution in [0.2, 0.25) is 0 Å². The highest BCUT2D eigenvalue weighted by molar-refractivity contribution is 6.06. The molecule has 0 spiro atoms. The summed E-state index contributed by atoms with van der Waals surface area (Å²) >= 11 is 0. The molecule has 2 aromatic rings. The molecule has 3 heteroatoms. The van der Waals surface area contributed by atoms with Crippen LogP contribution in [0.1, 0.15) is 17.3 Å². The summed E-state index contributed by atoms with van der Waals surface area (Å²) in [5, 5.41) is 0. The van der Waals surface area contributed by atoms with Gasteiger partial charge in [-0.05, 0) is 43.3 Å². The molecule has 0 aliphatic heterocycles. The zero-order valence-corrected chi connectivity index (χ0v) is 12.3. The molecule has 108 valence electrons. The number of ether oxygens (including phenoxy) is 1. The second-order valence-corrected chi connectivity index (χ2v) is 4.72. The molecule has 0 N–H and O–H groups in total. The highest BCUT2D eigenvalue weighted by Gasteiger charge is 2.21. The van der Waals surface area contributed by atoms with Crippen molar-refractivity contribution in [3.8, 4) is 5.75 Å². The Bertz CT molecular complexity index is 605. The van der Waals surface area contributed by atoms with E-state index < -0.39 is 0 Å². The lowest BCUT2D eigenvalue weighted by atomic mass is 10.1. The van der Waals surface area contributed by atoms with Crippen LogP contribution in [0.3, 0.4) is 0 Å². The van der Waals surface area contributed by atoms with Gasteiger partial charge < -0.3 is 9.64 Å². The van der Waals surface area contributed by atoms with Gasteiger partial charge in [0.25, 0.3) is 5.91 Å². The molecule has 0 unspecified atom stereocenters. The SMILES string of the molecule is C=C[C@@H](C)N(C(=O)c1ccccc1)c1ccc(OC)cc1. The average molecular weight is 281 g/mol. The van der Waals surface area contributed by atoms with Crippen LogP contribution in [0.25, 0.3) is 0 Å². The van der Waals surface area contributed by atoms with Gasteiger partial charge in [0.1, 0.15) is 5.75 Å². The lowest BCUT2D eigenvalue weighted by molar-refractivity contribution is 0.0982. The highest BCUT2D eigenvalue weighted by atomic mass is 16.5. The number of benzene rings is 2. The maximum Gasteiger partial charge on any atom is 0.258 e. The third-order valence-electron chi connectivity index (χ3n) is 3.34. The molecule has 2 rings (SSSR count). The smallest absolute Gasteiger partial charge is 0.258 e. The molecule has 2 aromatic carbocycles. The summed E-state index contributed by atoms with van der Waals surface area (Å²) < 4.78 is 5.16. The summed E-state index contributed by atoms with van der Waals surface area (Å²) in [6.07, 6.45) is 1.76. The van der Waals surface area contributed by atoms with Crippen molar-refractivity contribution in [3.63, 3.8) is 0 Å². The van der Waals surface area contributed by atoms with Crippen molar-refractivity contribution in [3.05, 3.63) is 72.8 Å². The van der Waals surface area contributed by atoms with Gasteiger partial charge in [0, 0.05) is 11.3 Å². The lowest BCUT2D eigenvalue weighted by Crippen LogP contribution is -2.37. The van der Waals surface area contributed by atoms with Crippen molar-refractivity contribution in [2.75, 3.05) is 12.0 Å². The second-order valence-electron chi connectivity index (χ2n) is 4.72. The zero-order valence-electron chi connectivity index (χ0n) is 12.3. The molecule has 0 radical (unpaired) electrons. The number of methoxy groups -OCH3 is 1. The van der Waals surface area contributed by atoms with Crippen LogP contribution in [0.4, 0.5) is 5.69 Å². The first-order chi connectivity index (χ1) is 10.2. The molecule has 0 saturated heterocycles. The number of hydrogen-bond acceptors (Lipinski definition) is 2. The standard InChI is InChI=1S/C18H19NO2/c1-4-14(2)19(16-10-12-17(21-3)13-11-16)18(20)15-8-6-5-7-9-15/h4-14H,1H2,2-3H3/t14-/m1/s1. The third kappa shape index (κ3) is 3.31. The van der Waals surface area contributed by atoms with Crippen LogP contribution < -0.4 is 9.64 Å². The molecular formula is C18H19NO2. The van der Waals surface area contributed by atoms with Gasteiger partial charge in [0.2, 0.25) is 0 Å². The van der Waals surface area contributed by atoms with Crippen LogP contribution in [-0.4, -0.2) is 19.1 Å². The van der Waals surface area contributed by atoms with Gasteiger partial charge in [-0.2, -0.15) is 0 Å². The number of amides is 1. The van der Waals surface area contributed by atoms with Crippen molar-refractivity contribution < 1.29 is 9.53 Å². The number of rotatable bonds is 5. The molecule has 21 heavy (non-hydrogen) atoms. The Hall–Kier alpha value is -2.55. The van der Waals surface area contributed by atoms with E-state index in [1.54, 1.807) is 18.1 Å². The van der Waals surface area contributed by atoms with E-state index in [-0.39, 0.29) is 11.9 Å². The van der Waals surface area contributed by atoms with Gasteiger partial charge in [-0.3, -0.25) is 4.79 Å². The van der Waals surface area contributed by atoms with E-state index in [9.17, 15) is 4.79 Å². The normalized spacial score (nSPS) is 11.5. The fourth-order valence-electron chi connectivity index (χ4n) is 2.11. The summed E-state index contributed by atoms with van der Waals surface area (Å²) in [5.74, 6) is 0.713. The van der Waals surface area contributed by atoms with Gasteiger partial charge >= 0.3 is 0 Å². The first kappa shape index (κ1) is 14.9. The Kier molecular flexibility index (Phi) is 4.77. The summed E-state index contributed by atoms with van der Waals surface area (Å²) in [6, 6.07) is 16.6. The molecule has 0 fully saturated rings. The van der Waals surface area contributed by atoms with Crippen molar-refractivity contribution in [2.24, 2.45) is 0 Å². The lowest BCUT2D eigenvalue weighted by Gasteiger charge is -2.27. The Morgan fingerprint density at radius 1 is 1.14 bits per heavy atom.